The number of hydrogen-bond acceptors (Lipinski definition) is 2. The van der Waals surface area contributed by atoms with Crippen molar-refractivity contribution in [2.24, 2.45) is 11.8 Å². The number of nitrogens with one attached hydrogen (secondary N) is 1. The number of thiophene rings is 1. The summed E-state index contributed by atoms with van der Waals surface area (Å²) in [5.41, 5.74) is 1.13. The van der Waals surface area contributed by atoms with Crippen molar-refractivity contribution in [2.45, 2.75) is 46.1 Å². The molecule has 1 heterocycles. The molecule has 1 saturated carbocycles. The van der Waals surface area contributed by atoms with E-state index in [1.165, 1.54) is 24.2 Å². The summed E-state index contributed by atoms with van der Waals surface area (Å²) in [6.07, 6.45) is 3.63. The molecule has 2 rings (SSSR count). The Labute approximate surface area is 121 Å². The minimum absolute atomic E-state index is 0.0831. The van der Waals surface area contributed by atoms with Gasteiger partial charge in [-0.25, -0.2) is 0 Å². The van der Waals surface area contributed by atoms with E-state index in [1.807, 2.05) is 13.0 Å². The van der Waals surface area contributed by atoms with E-state index in [4.69, 9.17) is 0 Å². The van der Waals surface area contributed by atoms with Gasteiger partial charge in [0, 0.05) is 6.04 Å². The van der Waals surface area contributed by atoms with Gasteiger partial charge in [-0.15, -0.1) is 11.3 Å². The number of halogens is 1. The highest BCUT2D eigenvalue weighted by Crippen LogP contribution is 2.31. The SMILES string of the molecule is Cc1cc(C(=O)NC2CCCC(C)C2C)sc1Br. The van der Waals surface area contributed by atoms with Crippen molar-refractivity contribution in [2.75, 3.05) is 0 Å². The number of rotatable bonds is 2. The largest absolute Gasteiger partial charge is 0.348 e. The summed E-state index contributed by atoms with van der Waals surface area (Å²) in [7, 11) is 0. The number of hydrogen-bond donors (Lipinski definition) is 1. The minimum atomic E-state index is 0.0831. The zero-order chi connectivity index (χ0) is 13.3. The molecule has 4 heteroatoms. The van der Waals surface area contributed by atoms with Gasteiger partial charge in [0.05, 0.1) is 8.66 Å². The molecule has 1 amide bonds. The van der Waals surface area contributed by atoms with Crippen LogP contribution in [0.4, 0.5) is 0 Å². The Balaban J connectivity index is 2.02. The first-order valence-corrected chi connectivity index (χ1v) is 8.16. The Morgan fingerprint density at radius 3 is 2.78 bits per heavy atom. The molecule has 1 aliphatic rings. The van der Waals surface area contributed by atoms with Crippen LogP contribution in [0.5, 0.6) is 0 Å². The van der Waals surface area contributed by atoms with Crippen LogP contribution >= 0.6 is 27.3 Å². The number of aryl methyl sites for hydroxylation is 1. The first-order valence-electron chi connectivity index (χ1n) is 6.56. The van der Waals surface area contributed by atoms with Gasteiger partial charge in [0.15, 0.2) is 0 Å². The molecular formula is C14H20BrNOS. The van der Waals surface area contributed by atoms with Crippen LogP contribution in [-0.4, -0.2) is 11.9 Å². The number of carbonyl (C=O) groups excluding carboxylic acids is 1. The van der Waals surface area contributed by atoms with Crippen LogP contribution in [0, 0.1) is 18.8 Å². The van der Waals surface area contributed by atoms with E-state index in [9.17, 15) is 4.79 Å². The third-order valence-electron chi connectivity index (χ3n) is 4.10. The van der Waals surface area contributed by atoms with Crippen molar-refractivity contribution in [3.8, 4) is 0 Å². The van der Waals surface area contributed by atoms with Gasteiger partial charge in [-0.2, -0.15) is 0 Å². The molecule has 2 nitrogen and oxygen atoms in total. The average molecular weight is 330 g/mol. The average Bonchev–Trinajstić information content (AvgIpc) is 2.66. The van der Waals surface area contributed by atoms with Gasteiger partial charge in [-0.1, -0.05) is 26.7 Å². The van der Waals surface area contributed by atoms with Crippen LogP contribution in [0.25, 0.3) is 0 Å². The zero-order valence-electron chi connectivity index (χ0n) is 11.1. The molecule has 0 radical (unpaired) electrons. The third-order valence-corrected chi connectivity index (χ3v) is 6.24. The van der Waals surface area contributed by atoms with Crippen molar-refractivity contribution in [1.82, 2.24) is 5.32 Å². The lowest BCUT2D eigenvalue weighted by molar-refractivity contribution is 0.0895. The van der Waals surface area contributed by atoms with E-state index in [-0.39, 0.29) is 5.91 Å². The molecule has 0 aliphatic heterocycles. The molecule has 1 aliphatic carbocycles. The lowest BCUT2D eigenvalue weighted by atomic mass is 9.78. The molecular weight excluding hydrogens is 310 g/mol. The summed E-state index contributed by atoms with van der Waals surface area (Å²) >= 11 is 4.99. The second-order valence-electron chi connectivity index (χ2n) is 5.41. The maximum atomic E-state index is 12.2. The van der Waals surface area contributed by atoms with Crippen LogP contribution in [0.15, 0.2) is 9.85 Å². The van der Waals surface area contributed by atoms with Crippen LogP contribution in [0.3, 0.4) is 0 Å². The van der Waals surface area contributed by atoms with Crippen molar-refractivity contribution < 1.29 is 4.79 Å². The highest BCUT2D eigenvalue weighted by atomic mass is 79.9. The molecule has 1 fully saturated rings. The first-order chi connectivity index (χ1) is 8.49. The fourth-order valence-corrected chi connectivity index (χ4v) is 4.03. The van der Waals surface area contributed by atoms with Gasteiger partial charge in [-0.3, -0.25) is 4.79 Å². The van der Waals surface area contributed by atoms with Gasteiger partial charge in [0.1, 0.15) is 0 Å². The highest BCUT2D eigenvalue weighted by Gasteiger charge is 2.28. The van der Waals surface area contributed by atoms with Crippen LogP contribution < -0.4 is 5.32 Å². The Bertz CT molecular complexity index is 424. The smallest absolute Gasteiger partial charge is 0.261 e. The van der Waals surface area contributed by atoms with E-state index >= 15 is 0 Å². The Morgan fingerprint density at radius 2 is 2.17 bits per heavy atom. The second kappa shape index (κ2) is 5.74. The fourth-order valence-electron chi connectivity index (χ4n) is 2.60. The Morgan fingerprint density at radius 1 is 1.44 bits per heavy atom. The molecule has 3 unspecified atom stereocenters. The normalized spacial score (nSPS) is 28.1. The molecule has 1 aromatic heterocycles. The zero-order valence-corrected chi connectivity index (χ0v) is 13.5. The molecule has 0 aromatic carbocycles. The molecule has 0 saturated heterocycles. The summed E-state index contributed by atoms with van der Waals surface area (Å²) in [5.74, 6) is 1.37. The molecule has 100 valence electrons. The van der Waals surface area contributed by atoms with E-state index in [0.29, 0.717) is 17.9 Å². The lowest BCUT2D eigenvalue weighted by Crippen LogP contribution is -2.43. The van der Waals surface area contributed by atoms with Crippen molar-refractivity contribution in [3.05, 3.63) is 20.3 Å². The van der Waals surface area contributed by atoms with Crippen molar-refractivity contribution in [3.63, 3.8) is 0 Å². The lowest BCUT2D eigenvalue weighted by Gasteiger charge is -2.34. The number of carbonyl (C=O) groups is 1. The quantitative estimate of drug-likeness (QED) is 0.857. The predicted octanol–water partition coefficient (Wildman–Crippen LogP) is 4.37. The van der Waals surface area contributed by atoms with Gasteiger partial charge in [-0.05, 0) is 52.7 Å². The molecule has 18 heavy (non-hydrogen) atoms. The van der Waals surface area contributed by atoms with Crippen molar-refractivity contribution in [1.29, 1.82) is 0 Å². The number of amides is 1. The minimum Gasteiger partial charge on any atom is -0.348 e. The highest BCUT2D eigenvalue weighted by molar-refractivity contribution is 9.11. The van der Waals surface area contributed by atoms with E-state index in [0.717, 1.165) is 20.6 Å². The van der Waals surface area contributed by atoms with E-state index in [1.54, 1.807) is 0 Å². The summed E-state index contributed by atoms with van der Waals surface area (Å²) in [4.78, 5) is 13.0. The van der Waals surface area contributed by atoms with Gasteiger partial charge >= 0.3 is 0 Å². The van der Waals surface area contributed by atoms with Crippen LogP contribution in [0.2, 0.25) is 0 Å². The molecule has 0 bridgehead atoms. The van der Waals surface area contributed by atoms with Crippen molar-refractivity contribution >= 4 is 33.2 Å². The van der Waals surface area contributed by atoms with E-state index < -0.39 is 0 Å². The van der Waals surface area contributed by atoms with Gasteiger partial charge in [0.2, 0.25) is 0 Å². The fraction of sp³-hybridized carbons (Fsp3) is 0.643. The van der Waals surface area contributed by atoms with Crippen LogP contribution in [0.1, 0.15) is 48.3 Å². The Kier molecular flexibility index (Phi) is 4.49. The van der Waals surface area contributed by atoms with Gasteiger partial charge in [0.25, 0.3) is 5.91 Å². The molecule has 0 spiro atoms. The summed E-state index contributed by atoms with van der Waals surface area (Å²) in [5, 5.41) is 3.21. The summed E-state index contributed by atoms with van der Waals surface area (Å²) < 4.78 is 1.05. The second-order valence-corrected chi connectivity index (χ2v) is 7.78. The molecule has 3 atom stereocenters. The standard InChI is InChI=1S/C14H20BrNOS/c1-8-5-4-6-11(10(8)3)16-14(17)12-7-9(2)13(15)18-12/h7-8,10-11H,4-6H2,1-3H3,(H,16,17). The summed E-state index contributed by atoms with van der Waals surface area (Å²) in [6.45, 7) is 6.56. The monoisotopic (exact) mass is 329 g/mol. The first kappa shape index (κ1) is 14.1. The van der Waals surface area contributed by atoms with Crippen LogP contribution in [-0.2, 0) is 0 Å². The maximum absolute atomic E-state index is 12.2. The maximum Gasteiger partial charge on any atom is 0.261 e. The Hall–Kier alpha value is -0.350. The topological polar surface area (TPSA) is 29.1 Å². The molecule has 1 aromatic rings. The predicted molar refractivity (Wildman–Crippen MR) is 80.2 cm³/mol. The molecule has 1 N–H and O–H groups in total. The third kappa shape index (κ3) is 2.97. The van der Waals surface area contributed by atoms with E-state index in [2.05, 4.69) is 35.1 Å². The van der Waals surface area contributed by atoms with Gasteiger partial charge < -0.3 is 5.32 Å². The summed E-state index contributed by atoms with van der Waals surface area (Å²) in [6, 6.07) is 2.29.